The lowest BCUT2D eigenvalue weighted by Gasteiger charge is -2.32. The maximum atomic E-state index is 13.2. The van der Waals surface area contributed by atoms with Gasteiger partial charge in [-0.3, -0.25) is 4.90 Å². The molecule has 0 radical (unpaired) electrons. The topological polar surface area (TPSA) is 98.1 Å². The van der Waals surface area contributed by atoms with Crippen molar-refractivity contribution < 1.29 is 29.3 Å². The number of carboxylic acid groups (broad SMARTS) is 2. The molecule has 1 fully saturated rings. The molecule has 6 nitrogen and oxygen atoms in total. The maximum absolute atomic E-state index is 13.2. The van der Waals surface area contributed by atoms with Crippen LogP contribution in [-0.4, -0.2) is 57.1 Å². The number of nitrogens with zero attached hydrogens (tertiary/aromatic N) is 1. The molecule has 92 valence electrons. The van der Waals surface area contributed by atoms with Crippen LogP contribution in [0, 0.1) is 0 Å². The molecule has 0 aromatic rings. The molecule has 7 heteroatoms. The van der Waals surface area contributed by atoms with Crippen molar-refractivity contribution in [3.05, 3.63) is 0 Å². The Labute approximate surface area is 91.3 Å². The van der Waals surface area contributed by atoms with Crippen molar-refractivity contribution in [2.24, 2.45) is 0 Å². The summed E-state index contributed by atoms with van der Waals surface area (Å²) in [6.07, 6.45) is -3.21. The third kappa shape index (κ3) is 2.08. The number of aliphatic carboxylic acids is 1. The van der Waals surface area contributed by atoms with Gasteiger partial charge >= 0.3 is 12.1 Å². The summed E-state index contributed by atoms with van der Waals surface area (Å²) in [5, 5.41) is 26.6. The molecule has 1 aliphatic heterocycles. The second kappa shape index (κ2) is 4.65. The van der Waals surface area contributed by atoms with Crippen LogP contribution in [0.3, 0.4) is 0 Å². The fraction of sp³-hybridized carbons (Fsp3) is 0.778. The highest BCUT2D eigenvalue weighted by Gasteiger charge is 2.53. The van der Waals surface area contributed by atoms with Gasteiger partial charge in [-0.25, -0.2) is 14.0 Å². The lowest BCUT2D eigenvalue weighted by Crippen LogP contribution is -2.52. The van der Waals surface area contributed by atoms with Crippen LogP contribution in [0.1, 0.15) is 19.3 Å². The van der Waals surface area contributed by atoms with E-state index in [0.29, 0.717) is 4.90 Å². The number of aliphatic hydroxyl groups excluding tert-OH is 1. The molecule has 0 spiro atoms. The zero-order valence-electron chi connectivity index (χ0n) is 8.60. The highest BCUT2D eigenvalue weighted by molar-refractivity contribution is 5.84. The molecule has 1 saturated heterocycles. The van der Waals surface area contributed by atoms with Gasteiger partial charge in [0.2, 0.25) is 0 Å². The molecule has 0 bridgehead atoms. The summed E-state index contributed by atoms with van der Waals surface area (Å²) >= 11 is 0. The second-order valence-corrected chi connectivity index (χ2v) is 3.86. The van der Waals surface area contributed by atoms with E-state index in [1.54, 1.807) is 0 Å². The normalized spacial score (nSPS) is 29.4. The molecule has 1 rings (SSSR count). The van der Waals surface area contributed by atoms with E-state index < -0.39 is 30.3 Å². The van der Waals surface area contributed by atoms with Crippen molar-refractivity contribution in [2.45, 2.75) is 31.0 Å². The van der Waals surface area contributed by atoms with E-state index in [9.17, 15) is 14.0 Å². The Morgan fingerprint density at radius 3 is 2.50 bits per heavy atom. The largest absolute Gasteiger partial charge is 0.479 e. The van der Waals surface area contributed by atoms with E-state index in [1.165, 1.54) is 0 Å². The SMILES string of the molecule is O=C(O)N1C[C@@H](F)C[C@@]1(CCCO)C(=O)O. The third-order valence-corrected chi connectivity index (χ3v) is 2.83. The van der Waals surface area contributed by atoms with E-state index in [-0.39, 0.29) is 25.9 Å². The predicted molar refractivity (Wildman–Crippen MR) is 50.9 cm³/mol. The third-order valence-electron chi connectivity index (χ3n) is 2.83. The number of halogens is 1. The summed E-state index contributed by atoms with van der Waals surface area (Å²) in [4.78, 5) is 22.6. The molecule has 2 atom stereocenters. The lowest BCUT2D eigenvalue weighted by atomic mass is 9.90. The van der Waals surface area contributed by atoms with Crippen molar-refractivity contribution in [1.82, 2.24) is 4.90 Å². The number of amides is 1. The summed E-state index contributed by atoms with van der Waals surface area (Å²) in [5.74, 6) is -1.36. The summed E-state index contributed by atoms with van der Waals surface area (Å²) in [7, 11) is 0. The van der Waals surface area contributed by atoms with Crippen LogP contribution in [0.2, 0.25) is 0 Å². The van der Waals surface area contributed by atoms with Crippen LogP contribution in [0.15, 0.2) is 0 Å². The quantitative estimate of drug-likeness (QED) is 0.651. The Morgan fingerprint density at radius 1 is 1.44 bits per heavy atom. The van der Waals surface area contributed by atoms with Gasteiger partial charge in [-0.1, -0.05) is 0 Å². The zero-order chi connectivity index (χ0) is 12.3. The Bertz CT molecular complexity index is 298. The maximum Gasteiger partial charge on any atom is 0.408 e. The first-order valence-electron chi connectivity index (χ1n) is 4.93. The summed E-state index contributed by atoms with van der Waals surface area (Å²) < 4.78 is 13.2. The van der Waals surface area contributed by atoms with Gasteiger partial charge in [0.1, 0.15) is 11.7 Å². The highest BCUT2D eigenvalue weighted by Crippen LogP contribution is 2.35. The van der Waals surface area contributed by atoms with Gasteiger partial charge in [0.15, 0.2) is 0 Å². The fourth-order valence-electron chi connectivity index (χ4n) is 2.09. The van der Waals surface area contributed by atoms with Gasteiger partial charge in [-0.2, -0.15) is 0 Å². The number of alkyl halides is 1. The first-order chi connectivity index (χ1) is 7.44. The minimum atomic E-state index is -1.73. The van der Waals surface area contributed by atoms with Gasteiger partial charge in [0.05, 0.1) is 6.54 Å². The van der Waals surface area contributed by atoms with Crippen LogP contribution < -0.4 is 0 Å². The molecule has 1 amide bonds. The van der Waals surface area contributed by atoms with Gasteiger partial charge < -0.3 is 15.3 Å². The molecular formula is C9H14FNO5. The number of aliphatic hydroxyl groups is 1. The molecule has 1 aliphatic rings. The van der Waals surface area contributed by atoms with Crippen LogP contribution in [0.5, 0.6) is 0 Å². The number of carboxylic acids is 1. The standard InChI is InChI=1S/C9H14FNO5/c10-6-4-9(7(13)14,2-1-3-12)11(5-6)8(15)16/h6,12H,1-5H2,(H,13,14)(H,15,16)/t6-,9-/m0/s1. The molecular weight excluding hydrogens is 221 g/mol. The monoisotopic (exact) mass is 235 g/mol. The zero-order valence-corrected chi connectivity index (χ0v) is 8.60. The minimum Gasteiger partial charge on any atom is -0.479 e. The Hall–Kier alpha value is -1.37. The number of rotatable bonds is 4. The van der Waals surface area contributed by atoms with Gasteiger partial charge in [0.25, 0.3) is 0 Å². The van der Waals surface area contributed by atoms with Gasteiger partial charge in [-0.15, -0.1) is 0 Å². The molecule has 16 heavy (non-hydrogen) atoms. The summed E-state index contributed by atoms with van der Waals surface area (Å²) in [5.41, 5.74) is -1.73. The van der Waals surface area contributed by atoms with E-state index in [0.717, 1.165) is 0 Å². The Balaban J connectivity index is 2.96. The number of hydrogen-bond acceptors (Lipinski definition) is 3. The first-order valence-corrected chi connectivity index (χ1v) is 4.93. The lowest BCUT2D eigenvalue weighted by molar-refractivity contribution is -0.149. The second-order valence-electron chi connectivity index (χ2n) is 3.86. The van der Waals surface area contributed by atoms with Crippen LogP contribution in [0.25, 0.3) is 0 Å². The fourth-order valence-corrected chi connectivity index (χ4v) is 2.09. The highest BCUT2D eigenvalue weighted by atomic mass is 19.1. The van der Waals surface area contributed by atoms with Crippen molar-refractivity contribution >= 4 is 12.1 Å². The smallest absolute Gasteiger partial charge is 0.408 e. The average Bonchev–Trinajstić information content (AvgIpc) is 2.54. The predicted octanol–water partition coefficient (Wildman–Crippen LogP) is 0.304. The molecule has 1 heterocycles. The number of hydrogen-bond donors (Lipinski definition) is 3. The van der Waals surface area contributed by atoms with E-state index >= 15 is 0 Å². The summed E-state index contributed by atoms with van der Waals surface area (Å²) in [6.45, 7) is -0.674. The van der Waals surface area contributed by atoms with Crippen LogP contribution >= 0.6 is 0 Å². The van der Waals surface area contributed by atoms with Crippen molar-refractivity contribution in [2.75, 3.05) is 13.2 Å². The van der Waals surface area contributed by atoms with E-state index in [1.807, 2.05) is 0 Å². The van der Waals surface area contributed by atoms with Crippen LogP contribution in [-0.2, 0) is 4.79 Å². The van der Waals surface area contributed by atoms with E-state index in [2.05, 4.69) is 0 Å². The number of likely N-dealkylation sites (tertiary alicyclic amines) is 1. The average molecular weight is 235 g/mol. The van der Waals surface area contributed by atoms with Crippen LogP contribution in [0.4, 0.5) is 9.18 Å². The summed E-state index contributed by atoms with van der Waals surface area (Å²) in [6, 6.07) is 0. The molecule has 0 saturated carbocycles. The van der Waals surface area contributed by atoms with E-state index in [4.69, 9.17) is 15.3 Å². The minimum absolute atomic E-state index is 0.0778. The van der Waals surface area contributed by atoms with Crippen molar-refractivity contribution in [3.8, 4) is 0 Å². The Morgan fingerprint density at radius 2 is 2.06 bits per heavy atom. The van der Waals surface area contributed by atoms with Crippen molar-refractivity contribution in [3.63, 3.8) is 0 Å². The molecule has 0 aliphatic carbocycles. The number of carbonyl (C=O) groups is 2. The molecule has 0 unspecified atom stereocenters. The van der Waals surface area contributed by atoms with Crippen molar-refractivity contribution in [1.29, 1.82) is 0 Å². The molecule has 3 N–H and O–H groups in total. The van der Waals surface area contributed by atoms with Gasteiger partial charge in [0, 0.05) is 13.0 Å². The Kier molecular flexibility index (Phi) is 3.69. The first kappa shape index (κ1) is 12.7. The molecule has 0 aromatic carbocycles. The molecule has 0 aromatic heterocycles. The van der Waals surface area contributed by atoms with Gasteiger partial charge in [-0.05, 0) is 12.8 Å².